The first-order valence-corrected chi connectivity index (χ1v) is 10.6. The van der Waals surface area contributed by atoms with Crippen molar-refractivity contribution in [3.63, 3.8) is 0 Å². The average Bonchev–Trinajstić information content (AvgIpc) is 3.12. The lowest BCUT2D eigenvalue weighted by Gasteiger charge is -2.38. The standard InChI is InChI=1S/C17H26N2O2.2C2HF3O2/c1-14-3-2-4-16(19-14)13-20-11-5-15-6-12-21-17(15)7-9-18-10-8-17;2*3-2(4,5)1(6)7/h2-4,15,18H,5-13H2,1H3;2*(H,6,7). The number of halogens is 6. The van der Waals surface area contributed by atoms with Crippen LogP contribution in [0.4, 0.5) is 26.3 Å². The molecule has 1 unspecified atom stereocenters. The van der Waals surface area contributed by atoms with Gasteiger partial charge >= 0.3 is 24.3 Å². The molecule has 3 heterocycles. The van der Waals surface area contributed by atoms with Gasteiger partial charge in [-0.1, -0.05) is 6.07 Å². The Morgan fingerprint density at radius 2 is 1.66 bits per heavy atom. The van der Waals surface area contributed by atoms with Crippen LogP contribution in [0.25, 0.3) is 0 Å². The number of piperidine rings is 1. The Balaban J connectivity index is 0.000000362. The van der Waals surface area contributed by atoms with Crippen LogP contribution in [0.1, 0.15) is 37.1 Å². The number of pyridine rings is 1. The minimum Gasteiger partial charge on any atom is -0.475 e. The molecule has 3 N–H and O–H groups in total. The van der Waals surface area contributed by atoms with Gasteiger partial charge in [-0.05, 0) is 63.7 Å². The maximum Gasteiger partial charge on any atom is 0.490 e. The highest BCUT2D eigenvalue weighted by Gasteiger charge is 2.44. The molecule has 2 aliphatic heterocycles. The van der Waals surface area contributed by atoms with Gasteiger partial charge in [0.15, 0.2) is 0 Å². The van der Waals surface area contributed by atoms with Gasteiger partial charge in [0.25, 0.3) is 0 Å². The third-order valence-electron chi connectivity index (χ3n) is 5.34. The summed E-state index contributed by atoms with van der Waals surface area (Å²) in [5, 5.41) is 17.7. The molecule has 0 aromatic carbocycles. The Morgan fingerprint density at radius 1 is 1.11 bits per heavy atom. The van der Waals surface area contributed by atoms with Crippen LogP contribution in [0.15, 0.2) is 18.2 Å². The summed E-state index contributed by atoms with van der Waals surface area (Å²) in [7, 11) is 0. The van der Waals surface area contributed by atoms with Crippen molar-refractivity contribution >= 4 is 11.9 Å². The molecule has 8 nitrogen and oxygen atoms in total. The predicted molar refractivity (Wildman–Crippen MR) is 110 cm³/mol. The van der Waals surface area contributed by atoms with Crippen LogP contribution in [0, 0.1) is 12.8 Å². The van der Waals surface area contributed by atoms with E-state index in [4.69, 9.17) is 29.3 Å². The van der Waals surface area contributed by atoms with Crippen molar-refractivity contribution in [1.29, 1.82) is 0 Å². The van der Waals surface area contributed by atoms with E-state index in [1.165, 1.54) is 6.42 Å². The molecule has 3 rings (SSSR count). The van der Waals surface area contributed by atoms with Gasteiger partial charge in [0.2, 0.25) is 0 Å². The van der Waals surface area contributed by atoms with Gasteiger partial charge in [-0.15, -0.1) is 0 Å². The number of nitrogens with zero attached hydrogens (tertiary/aromatic N) is 1. The first-order valence-electron chi connectivity index (χ1n) is 10.6. The molecule has 1 aromatic heterocycles. The predicted octanol–water partition coefficient (Wildman–Crippen LogP) is 3.72. The van der Waals surface area contributed by atoms with Gasteiger partial charge in [0, 0.05) is 18.9 Å². The summed E-state index contributed by atoms with van der Waals surface area (Å²) in [5.41, 5.74) is 2.21. The average molecular weight is 518 g/mol. The zero-order valence-electron chi connectivity index (χ0n) is 18.9. The van der Waals surface area contributed by atoms with Crippen molar-refractivity contribution in [2.75, 3.05) is 26.3 Å². The second-order valence-electron chi connectivity index (χ2n) is 7.87. The number of hydrogen-bond acceptors (Lipinski definition) is 6. The Morgan fingerprint density at radius 3 is 2.14 bits per heavy atom. The minimum atomic E-state index is -5.08. The van der Waals surface area contributed by atoms with Gasteiger partial charge in [-0.2, -0.15) is 26.3 Å². The molecule has 2 aliphatic rings. The van der Waals surface area contributed by atoms with E-state index in [9.17, 15) is 26.3 Å². The third-order valence-corrected chi connectivity index (χ3v) is 5.34. The Labute approximate surface area is 197 Å². The van der Waals surface area contributed by atoms with E-state index in [2.05, 4.69) is 10.3 Å². The van der Waals surface area contributed by atoms with Crippen LogP contribution in [-0.2, 0) is 25.7 Å². The highest BCUT2D eigenvalue weighted by Crippen LogP contribution is 2.40. The topological polar surface area (TPSA) is 118 Å². The van der Waals surface area contributed by atoms with E-state index >= 15 is 0 Å². The number of alkyl halides is 6. The summed E-state index contributed by atoms with van der Waals surface area (Å²) in [6.07, 6.45) is -5.58. The van der Waals surface area contributed by atoms with E-state index in [1.54, 1.807) is 0 Å². The smallest absolute Gasteiger partial charge is 0.475 e. The second kappa shape index (κ2) is 13.6. The highest BCUT2D eigenvalue weighted by molar-refractivity contribution is 5.73. The Kier molecular flexibility index (Phi) is 11.9. The Hall–Kier alpha value is -2.45. The molecule has 14 heteroatoms. The number of aromatic nitrogens is 1. The number of carboxylic acids is 2. The van der Waals surface area contributed by atoms with E-state index in [0.29, 0.717) is 12.5 Å². The molecule has 0 radical (unpaired) electrons. The van der Waals surface area contributed by atoms with E-state index in [1.807, 2.05) is 25.1 Å². The summed E-state index contributed by atoms with van der Waals surface area (Å²) in [6.45, 7) is 6.53. The first kappa shape index (κ1) is 30.6. The lowest BCUT2D eigenvalue weighted by molar-refractivity contribution is -0.193. The van der Waals surface area contributed by atoms with E-state index in [0.717, 1.165) is 57.0 Å². The van der Waals surface area contributed by atoms with Crippen LogP contribution in [-0.4, -0.2) is 71.4 Å². The van der Waals surface area contributed by atoms with Crippen molar-refractivity contribution in [2.24, 2.45) is 5.92 Å². The second-order valence-corrected chi connectivity index (χ2v) is 7.87. The molecule has 1 spiro atoms. The summed E-state index contributed by atoms with van der Waals surface area (Å²) in [6, 6.07) is 6.08. The number of ether oxygens (including phenoxy) is 2. The maximum atomic E-state index is 10.6. The van der Waals surface area contributed by atoms with Gasteiger partial charge in [-0.3, -0.25) is 4.98 Å². The zero-order chi connectivity index (χ0) is 26.7. The molecule has 1 atom stereocenters. The van der Waals surface area contributed by atoms with Crippen LogP contribution in [0.2, 0.25) is 0 Å². The molecular formula is C21H28F6N2O6. The molecule has 2 saturated heterocycles. The number of aryl methyl sites for hydroxylation is 1. The van der Waals surface area contributed by atoms with Crippen molar-refractivity contribution in [2.45, 2.75) is 57.2 Å². The number of aliphatic carboxylic acids is 2. The summed E-state index contributed by atoms with van der Waals surface area (Å²) < 4.78 is 75.4. The Bertz CT molecular complexity index is 788. The number of hydrogen-bond donors (Lipinski definition) is 3. The van der Waals surface area contributed by atoms with E-state index < -0.39 is 24.3 Å². The lowest BCUT2D eigenvalue weighted by atomic mass is 9.78. The normalized spacial score (nSPS) is 19.2. The summed E-state index contributed by atoms with van der Waals surface area (Å²) in [4.78, 5) is 22.3. The molecule has 0 bridgehead atoms. The first-order chi connectivity index (χ1) is 16.2. The molecular weight excluding hydrogens is 490 g/mol. The monoisotopic (exact) mass is 518 g/mol. The van der Waals surface area contributed by atoms with E-state index in [-0.39, 0.29) is 5.60 Å². The molecule has 2 fully saturated rings. The van der Waals surface area contributed by atoms with Crippen LogP contribution < -0.4 is 5.32 Å². The number of carbonyl (C=O) groups is 2. The molecule has 1 aromatic rings. The largest absolute Gasteiger partial charge is 0.490 e. The molecule has 0 saturated carbocycles. The van der Waals surface area contributed by atoms with Crippen molar-refractivity contribution in [3.05, 3.63) is 29.6 Å². The molecule has 0 aliphatic carbocycles. The number of nitrogens with one attached hydrogen (secondary N) is 1. The maximum absolute atomic E-state index is 10.6. The quantitative estimate of drug-likeness (QED) is 0.399. The fraction of sp³-hybridized carbons (Fsp3) is 0.667. The van der Waals surface area contributed by atoms with Gasteiger partial charge < -0.3 is 25.0 Å². The van der Waals surface area contributed by atoms with Gasteiger partial charge in [0.05, 0.1) is 17.9 Å². The number of rotatable bonds is 5. The van der Waals surface area contributed by atoms with Crippen molar-refractivity contribution in [3.8, 4) is 0 Å². The minimum absolute atomic E-state index is 0.135. The third kappa shape index (κ3) is 11.2. The van der Waals surface area contributed by atoms with Gasteiger partial charge in [0.1, 0.15) is 0 Å². The van der Waals surface area contributed by atoms with Crippen LogP contribution >= 0.6 is 0 Å². The van der Waals surface area contributed by atoms with Crippen molar-refractivity contribution in [1.82, 2.24) is 10.3 Å². The number of carboxylic acid groups (broad SMARTS) is 2. The van der Waals surface area contributed by atoms with Crippen molar-refractivity contribution < 1.29 is 55.6 Å². The SMILES string of the molecule is Cc1cccc(COCCC2CCOC23CCNCC3)n1.O=C(O)C(F)(F)F.O=C(O)C(F)(F)F. The lowest BCUT2D eigenvalue weighted by Crippen LogP contribution is -2.46. The zero-order valence-corrected chi connectivity index (χ0v) is 18.9. The fourth-order valence-corrected chi connectivity index (χ4v) is 3.68. The highest BCUT2D eigenvalue weighted by atomic mass is 19.4. The molecule has 200 valence electrons. The van der Waals surface area contributed by atoms with Crippen LogP contribution in [0.5, 0.6) is 0 Å². The summed E-state index contributed by atoms with van der Waals surface area (Å²) in [5.74, 6) is -4.86. The molecule has 0 amide bonds. The fourth-order valence-electron chi connectivity index (χ4n) is 3.68. The summed E-state index contributed by atoms with van der Waals surface area (Å²) >= 11 is 0. The van der Waals surface area contributed by atoms with Gasteiger partial charge in [-0.25, -0.2) is 9.59 Å². The molecule has 35 heavy (non-hydrogen) atoms. The van der Waals surface area contributed by atoms with Crippen LogP contribution in [0.3, 0.4) is 0 Å².